The van der Waals surface area contributed by atoms with E-state index in [2.05, 4.69) is 10.6 Å². The van der Waals surface area contributed by atoms with Crippen molar-refractivity contribution in [2.45, 2.75) is 13.8 Å². The quantitative estimate of drug-likeness (QED) is 0.358. The number of aryl methyl sites for hydroxylation is 2. The van der Waals surface area contributed by atoms with Gasteiger partial charge in [0.2, 0.25) is 0 Å². The monoisotopic (exact) mass is 436 g/mol. The van der Waals surface area contributed by atoms with Gasteiger partial charge in [-0.05, 0) is 86.6 Å². The van der Waals surface area contributed by atoms with Gasteiger partial charge in [0.1, 0.15) is 11.5 Å². The second kappa shape index (κ2) is 9.83. The van der Waals surface area contributed by atoms with Gasteiger partial charge in [-0.15, -0.1) is 0 Å². The second-order valence-corrected chi connectivity index (χ2v) is 7.80. The summed E-state index contributed by atoms with van der Waals surface area (Å²) in [5.41, 5.74) is 4.67. The Morgan fingerprint density at radius 3 is 1.33 bits per heavy atom. The largest absolute Gasteiger partial charge is 0.457 e. The molecule has 0 heterocycles. The van der Waals surface area contributed by atoms with Crippen LogP contribution in [0.5, 0.6) is 11.5 Å². The Balaban J connectivity index is 1.34. The summed E-state index contributed by atoms with van der Waals surface area (Å²) >= 11 is 0. The van der Waals surface area contributed by atoms with Gasteiger partial charge in [0.25, 0.3) is 11.8 Å². The molecule has 4 aromatic rings. The van der Waals surface area contributed by atoms with Crippen LogP contribution in [0.4, 0.5) is 11.4 Å². The number of hydrogen-bond donors (Lipinski definition) is 2. The molecule has 4 rings (SSSR count). The number of amides is 2. The number of nitrogens with one attached hydrogen (secondary N) is 2. The first-order valence-electron chi connectivity index (χ1n) is 10.6. The summed E-state index contributed by atoms with van der Waals surface area (Å²) in [5, 5.41) is 5.77. The van der Waals surface area contributed by atoms with Crippen LogP contribution in [0.2, 0.25) is 0 Å². The van der Waals surface area contributed by atoms with Gasteiger partial charge in [-0.25, -0.2) is 0 Å². The van der Waals surface area contributed by atoms with Crippen LogP contribution in [0.1, 0.15) is 31.8 Å². The molecule has 0 atom stereocenters. The SMILES string of the molecule is Cc1cccc(C(=O)Nc2ccc(Oc3ccc(NC(=O)c4cccc(C)c4)cc3)cc2)c1. The molecule has 5 nitrogen and oxygen atoms in total. The number of carbonyl (C=O) groups excluding carboxylic acids is 2. The average Bonchev–Trinajstić information content (AvgIpc) is 2.81. The maximum atomic E-state index is 12.4. The number of ether oxygens (including phenoxy) is 1. The van der Waals surface area contributed by atoms with Crippen molar-refractivity contribution in [3.05, 3.63) is 119 Å². The third-order valence-corrected chi connectivity index (χ3v) is 5.02. The normalized spacial score (nSPS) is 10.4. The Labute approximate surface area is 193 Å². The van der Waals surface area contributed by atoms with E-state index in [9.17, 15) is 9.59 Å². The van der Waals surface area contributed by atoms with Gasteiger partial charge < -0.3 is 15.4 Å². The van der Waals surface area contributed by atoms with Crippen LogP contribution in [0.25, 0.3) is 0 Å². The minimum absolute atomic E-state index is 0.157. The fourth-order valence-electron chi connectivity index (χ4n) is 3.33. The zero-order valence-corrected chi connectivity index (χ0v) is 18.5. The van der Waals surface area contributed by atoms with Gasteiger partial charge in [0, 0.05) is 22.5 Å². The summed E-state index contributed by atoms with van der Waals surface area (Å²) in [6.45, 7) is 3.90. The van der Waals surface area contributed by atoms with Crippen LogP contribution in [0.15, 0.2) is 97.1 Å². The summed E-state index contributed by atoms with van der Waals surface area (Å²) in [4.78, 5) is 24.8. The van der Waals surface area contributed by atoms with E-state index in [0.29, 0.717) is 34.0 Å². The van der Waals surface area contributed by atoms with Crippen LogP contribution in [0, 0.1) is 13.8 Å². The summed E-state index contributed by atoms with van der Waals surface area (Å²) in [7, 11) is 0. The van der Waals surface area contributed by atoms with Crippen LogP contribution < -0.4 is 15.4 Å². The van der Waals surface area contributed by atoms with Crippen molar-refractivity contribution >= 4 is 23.2 Å². The summed E-state index contributed by atoms with van der Waals surface area (Å²) in [5.74, 6) is 0.964. The van der Waals surface area contributed by atoms with Crippen LogP contribution in [0.3, 0.4) is 0 Å². The Morgan fingerprint density at radius 2 is 0.970 bits per heavy atom. The molecule has 0 aliphatic rings. The Hall–Kier alpha value is -4.38. The predicted octanol–water partition coefficient (Wildman–Crippen LogP) is 6.60. The minimum Gasteiger partial charge on any atom is -0.457 e. The lowest BCUT2D eigenvalue weighted by Gasteiger charge is -2.10. The van der Waals surface area contributed by atoms with E-state index in [1.807, 2.05) is 50.2 Å². The molecule has 0 saturated carbocycles. The number of anilines is 2. The molecular weight excluding hydrogens is 412 g/mol. The average molecular weight is 437 g/mol. The fourth-order valence-corrected chi connectivity index (χ4v) is 3.33. The molecule has 0 bridgehead atoms. The third-order valence-electron chi connectivity index (χ3n) is 5.02. The summed E-state index contributed by atoms with van der Waals surface area (Å²) in [6, 6.07) is 29.2. The van der Waals surface area contributed by atoms with Gasteiger partial charge in [0.15, 0.2) is 0 Å². The molecule has 5 heteroatoms. The first kappa shape index (κ1) is 21.8. The van der Waals surface area contributed by atoms with Crippen molar-refractivity contribution < 1.29 is 14.3 Å². The highest BCUT2D eigenvalue weighted by molar-refractivity contribution is 6.05. The molecule has 33 heavy (non-hydrogen) atoms. The zero-order chi connectivity index (χ0) is 23.2. The van der Waals surface area contributed by atoms with Crippen molar-refractivity contribution in [1.29, 1.82) is 0 Å². The van der Waals surface area contributed by atoms with Gasteiger partial charge >= 0.3 is 0 Å². The highest BCUT2D eigenvalue weighted by Crippen LogP contribution is 2.25. The van der Waals surface area contributed by atoms with Crippen LogP contribution in [-0.4, -0.2) is 11.8 Å². The molecule has 164 valence electrons. The molecule has 0 radical (unpaired) electrons. The predicted molar refractivity (Wildman–Crippen MR) is 131 cm³/mol. The molecule has 0 aromatic heterocycles. The lowest BCUT2D eigenvalue weighted by molar-refractivity contribution is 0.101. The zero-order valence-electron chi connectivity index (χ0n) is 18.5. The molecule has 2 amide bonds. The standard InChI is InChI=1S/C28H24N2O3/c1-19-5-3-7-21(17-19)27(31)29-23-9-13-25(14-10-23)33-26-15-11-24(12-16-26)30-28(32)22-8-4-6-20(2)18-22/h3-18H,1-2H3,(H,29,31)(H,30,32). The van der Waals surface area contributed by atoms with E-state index < -0.39 is 0 Å². The van der Waals surface area contributed by atoms with Gasteiger partial charge in [0.05, 0.1) is 0 Å². The maximum absolute atomic E-state index is 12.4. The first-order chi connectivity index (χ1) is 16.0. The first-order valence-corrected chi connectivity index (χ1v) is 10.6. The van der Waals surface area contributed by atoms with Crippen molar-refractivity contribution in [3.63, 3.8) is 0 Å². The van der Waals surface area contributed by atoms with E-state index in [4.69, 9.17) is 4.74 Å². The highest BCUT2D eigenvalue weighted by Gasteiger charge is 2.08. The van der Waals surface area contributed by atoms with E-state index in [1.165, 1.54) is 0 Å². The van der Waals surface area contributed by atoms with E-state index in [0.717, 1.165) is 11.1 Å². The van der Waals surface area contributed by atoms with E-state index in [1.54, 1.807) is 60.7 Å². The minimum atomic E-state index is -0.157. The molecule has 2 N–H and O–H groups in total. The lowest BCUT2D eigenvalue weighted by atomic mass is 10.1. The van der Waals surface area contributed by atoms with Crippen molar-refractivity contribution in [2.75, 3.05) is 10.6 Å². The molecule has 0 spiro atoms. The van der Waals surface area contributed by atoms with Crippen molar-refractivity contribution in [1.82, 2.24) is 0 Å². The van der Waals surface area contributed by atoms with Gasteiger partial charge in [-0.1, -0.05) is 35.4 Å². The summed E-state index contributed by atoms with van der Waals surface area (Å²) in [6.07, 6.45) is 0. The molecule has 0 aliphatic carbocycles. The second-order valence-electron chi connectivity index (χ2n) is 7.80. The fraction of sp³-hybridized carbons (Fsp3) is 0.0714. The molecule has 0 aliphatic heterocycles. The van der Waals surface area contributed by atoms with Crippen LogP contribution in [-0.2, 0) is 0 Å². The van der Waals surface area contributed by atoms with Gasteiger partial charge in [-0.3, -0.25) is 9.59 Å². The molecule has 0 fully saturated rings. The number of carbonyl (C=O) groups is 2. The molecule has 0 unspecified atom stereocenters. The Morgan fingerprint density at radius 1 is 0.576 bits per heavy atom. The van der Waals surface area contributed by atoms with Crippen molar-refractivity contribution in [2.24, 2.45) is 0 Å². The lowest BCUT2D eigenvalue weighted by Crippen LogP contribution is -2.11. The third kappa shape index (κ3) is 5.86. The molecular formula is C28H24N2O3. The topological polar surface area (TPSA) is 67.4 Å². The smallest absolute Gasteiger partial charge is 0.255 e. The Bertz CT molecular complexity index is 1180. The van der Waals surface area contributed by atoms with E-state index >= 15 is 0 Å². The van der Waals surface area contributed by atoms with Crippen molar-refractivity contribution in [3.8, 4) is 11.5 Å². The highest BCUT2D eigenvalue weighted by atomic mass is 16.5. The van der Waals surface area contributed by atoms with Gasteiger partial charge in [-0.2, -0.15) is 0 Å². The number of benzene rings is 4. The summed E-state index contributed by atoms with van der Waals surface area (Å²) < 4.78 is 5.87. The maximum Gasteiger partial charge on any atom is 0.255 e. The van der Waals surface area contributed by atoms with E-state index in [-0.39, 0.29) is 11.8 Å². The number of rotatable bonds is 6. The Kier molecular flexibility index (Phi) is 6.51. The molecule has 0 saturated heterocycles. The number of hydrogen-bond acceptors (Lipinski definition) is 3. The van der Waals surface area contributed by atoms with Crippen LogP contribution >= 0.6 is 0 Å². The molecule has 4 aromatic carbocycles.